The molecule has 0 bridgehead atoms. The minimum absolute atomic E-state index is 0.00401. The van der Waals surface area contributed by atoms with Crippen molar-refractivity contribution in [1.82, 2.24) is 5.32 Å². The van der Waals surface area contributed by atoms with E-state index in [4.69, 9.17) is 4.74 Å². The maximum Gasteiger partial charge on any atom is 0.441 e. The number of halogens is 4. The first-order valence-electron chi connectivity index (χ1n) is 6.19. The number of benzene rings is 1. The highest BCUT2D eigenvalue weighted by Gasteiger charge is 2.27. The van der Waals surface area contributed by atoms with Crippen LogP contribution >= 0.6 is 11.8 Å². The number of nitrogens with one attached hydrogen (secondary N) is 1. The fourth-order valence-corrected chi connectivity index (χ4v) is 2.03. The van der Waals surface area contributed by atoms with Gasteiger partial charge in [0.25, 0.3) is 0 Å². The molecule has 1 rings (SSSR count). The second kappa shape index (κ2) is 7.73. The van der Waals surface area contributed by atoms with Crippen molar-refractivity contribution >= 4 is 11.8 Å². The second-order valence-corrected chi connectivity index (χ2v) is 5.27. The summed E-state index contributed by atoms with van der Waals surface area (Å²) in [6, 6.07) is 4.48. The maximum absolute atomic E-state index is 13.7. The van der Waals surface area contributed by atoms with Crippen molar-refractivity contribution in [2.45, 2.75) is 25.4 Å². The molecule has 0 radical (unpaired) electrons. The number of ether oxygens (including phenoxy) is 1. The molecule has 0 aromatic heterocycles. The van der Waals surface area contributed by atoms with E-state index in [0.717, 1.165) is 12.1 Å². The molecule has 1 aromatic rings. The zero-order valence-corrected chi connectivity index (χ0v) is 12.1. The standard InChI is InChI=1S/C13H17F4NOS/c1-3-18-9(2)10-4-5-12(11(14)8-10)19-6-7-20-13(15,16)17/h4-5,8-9,18H,3,6-7H2,1-2H3. The van der Waals surface area contributed by atoms with Gasteiger partial charge in [0.15, 0.2) is 11.6 Å². The normalized spacial score (nSPS) is 13.3. The van der Waals surface area contributed by atoms with Crippen LogP contribution in [0.15, 0.2) is 18.2 Å². The molecule has 0 spiro atoms. The predicted molar refractivity (Wildman–Crippen MR) is 72.5 cm³/mol. The lowest BCUT2D eigenvalue weighted by Crippen LogP contribution is -2.17. The average Bonchev–Trinajstić information content (AvgIpc) is 2.35. The molecular formula is C13H17F4NOS. The van der Waals surface area contributed by atoms with Gasteiger partial charge >= 0.3 is 5.51 Å². The van der Waals surface area contributed by atoms with Crippen molar-refractivity contribution < 1.29 is 22.3 Å². The van der Waals surface area contributed by atoms with Crippen molar-refractivity contribution in [3.8, 4) is 5.75 Å². The lowest BCUT2D eigenvalue weighted by molar-refractivity contribution is -0.0329. The molecule has 0 aliphatic rings. The van der Waals surface area contributed by atoms with Gasteiger partial charge in [0.1, 0.15) is 0 Å². The van der Waals surface area contributed by atoms with Gasteiger partial charge in [-0.15, -0.1) is 0 Å². The summed E-state index contributed by atoms with van der Waals surface area (Å²) in [4.78, 5) is 0. The van der Waals surface area contributed by atoms with Crippen LogP contribution in [0, 0.1) is 5.82 Å². The molecule has 7 heteroatoms. The highest BCUT2D eigenvalue weighted by Crippen LogP contribution is 2.30. The minimum Gasteiger partial charge on any atom is -0.490 e. The van der Waals surface area contributed by atoms with Crippen molar-refractivity contribution in [2.75, 3.05) is 18.9 Å². The summed E-state index contributed by atoms with van der Waals surface area (Å²) in [5.41, 5.74) is -3.52. The molecule has 0 fully saturated rings. The summed E-state index contributed by atoms with van der Waals surface area (Å²) in [6.45, 7) is 4.42. The number of rotatable bonds is 7. The van der Waals surface area contributed by atoms with Gasteiger partial charge in [-0.3, -0.25) is 0 Å². The maximum atomic E-state index is 13.7. The van der Waals surface area contributed by atoms with Gasteiger partial charge in [-0.2, -0.15) is 13.2 Å². The number of thioether (sulfide) groups is 1. The Bertz CT molecular complexity index is 425. The lowest BCUT2D eigenvalue weighted by Gasteiger charge is -2.14. The Hall–Kier alpha value is -0.950. The Labute approximate surface area is 119 Å². The first-order chi connectivity index (χ1) is 9.33. The Balaban J connectivity index is 2.52. The SMILES string of the molecule is CCNC(C)c1ccc(OCCSC(F)(F)F)c(F)c1. The topological polar surface area (TPSA) is 21.3 Å². The van der Waals surface area contributed by atoms with E-state index >= 15 is 0 Å². The van der Waals surface area contributed by atoms with Gasteiger partial charge in [-0.05, 0) is 42.9 Å². The Morgan fingerprint density at radius 3 is 2.60 bits per heavy atom. The van der Waals surface area contributed by atoms with Gasteiger partial charge in [-0.1, -0.05) is 13.0 Å². The largest absolute Gasteiger partial charge is 0.490 e. The number of hydrogen-bond acceptors (Lipinski definition) is 3. The summed E-state index contributed by atoms with van der Waals surface area (Å²) >= 11 is -0.184. The van der Waals surface area contributed by atoms with Crippen molar-refractivity contribution in [3.05, 3.63) is 29.6 Å². The third kappa shape index (κ3) is 6.00. The van der Waals surface area contributed by atoms with Gasteiger partial charge in [0, 0.05) is 11.8 Å². The van der Waals surface area contributed by atoms with Crippen LogP contribution in [0.1, 0.15) is 25.5 Å². The molecule has 1 aromatic carbocycles. The van der Waals surface area contributed by atoms with Crippen LogP contribution in [0.2, 0.25) is 0 Å². The van der Waals surface area contributed by atoms with Crippen molar-refractivity contribution in [1.29, 1.82) is 0 Å². The van der Waals surface area contributed by atoms with Crippen LogP contribution in [-0.4, -0.2) is 24.4 Å². The molecule has 0 saturated carbocycles. The van der Waals surface area contributed by atoms with E-state index in [2.05, 4.69) is 5.32 Å². The van der Waals surface area contributed by atoms with E-state index in [1.54, 1.807) is 6.07 Å². The molecule has 0 aliphatic carbocycles. The quantitative estimate of drug-likeness (QED) is 0.604. The van der Waals surface area contributed by atoms with E-state index in [9.17, 15) is 17.6 Å². The van der Waals surface area contributed by atoms with Crippen LogP contribution < -0.4 is 10.1 Å². The molecule has 2 nitrogen and oxygen atoms in total. The highest BCUT2D eigenvalue weighted by atomic mass is 32.2. The summed E-state index contributed by atoms with van der Waals surface area (Å²) in [5, 5.41) is 3.14. The fourth-order valence-electron chi connectivity index (χ4n) is 1.64. The molecule has 0 aliphatic heterocycles. The Kier molecular flexibility index (Phi) is 6.61. The fraction of sp³-hybridized carbons (Fsp3) is 0.538. The van der Waals surface area contributed by atoms with E-state index in [1.165, 1.54) is 12.1 Å². The molecule has 20 heavy (non-hydrogen) atoms. The Morgan fingerprint density at radius 1 is 1.35 bits per heavy atom. The Morgan fingerprint density at radius 2 is 2.05 bits per heavy atom. The summed E-state index contributed by atoms with van der Waals surface area (Å²) in [5.74, 6) is -0.858. The van der Waals surface area contributed by atoms with Crippen LogP contribution in [0.25, 0.3) is 0 Å². The predicted octanol–water partition coefficient (Wildman–Crippen LogP) is 4.13. The smallest absolute Gasteiger partial charge is 0.441 e. The third-order valence-corrected chi connectivity index (χ3v) is 3.27. The summed E-state index contributed by atoms with van der Waals surface area (Å²) in [7, 11) is 0. The molecule has 114 valence electrons. The second-order valence-electron chi connectivity index (χ2n) is 4.11. The average molecular weight is 311 g/mol. The molecular weight excluding hydrogens is 294 g/mol. The molecule has 1 N–H and O–H groups in total. The van der Waals surface area contributed by atoms with Crippen LogP contribution in [0.4, 0.5) is 17.6 Å². The minimum atomic E-state index is -4.28. The van der Waals surface area contributed by atoms with Crippen molar-refractivity contribution in [2.24, 2.45) is 0 Å². The van der Waals surface area contributed by atoms with Crippen LogP contribution in [0.3, 0.4) is 0 Å². The van der Waals surface area contributed by atoms with Crippen LogP contribution in [-0.2, 0) is 0 Å². The summed E-state index contributed by atoms with van der Waals surface area (Å²) < 4.78 is 54.4. The number of hydrogen-bond donors (Lipinski definition) is 1. The monoisotopic (exact) mass is 311 g/mol. The molecule has 0 heterocycles. The first kappa shape index (κ1) is 17.1. The molecule has 1 unspecified atom stereocenters. The third-order valence-electron chi connectivity index (χ3n) is 2.57. The lowest BCUT2D eigenvalue weighted by atomic mass is 10.1. The highest BCUT2D eigenvalue weighted by molar-refractivity contribution is 8.00. The van der Waals surface area contributed by atoms with E-state index < -0.39 is 11.3 Å². The first-order valence-corrected chi connectivity index (χ1v) is 7.18. The molecule has 0 amide bonds. The van der Waals surface area contributed by atoms with Crippen LogP contribution in [0.5, 0.6) is 5.75 Å². The summed E-state index contributed by atoms with van der Waals surface area (Å²) in [6.07, 6.45) is 0. The van der Waals surface area contributed by atoms with E-state index in [-0.39, 0.29) is 35.9 Å². The zero-order chi connectivity index (χ0) is 15.2. The van der Waals surface area contributed by atoms with E-state index in [0.29, 0.717) is 0 Å². The molecule has 0 saturated heterocycles. The van der Waals surface area contributed by atoms with Gasteiger partial charge in [0.2, 0.25) is 0 Å². The molecule has 1 atom stereocenters. The van der Waals surface area contributed by atoms with E-state index in [1.807, 2.05) is 13.8 Å². The number of alkyl halides is 3. The van der Waals surface area contributed by atoms with Crippen molar-refractivity contribution in [3.63, 3.8) is 0 Å². The van der Waals surface area contributed by atoms with Gasteiger partial charge in [-0.25, -0.2) is 4.39 Å². The zero-order valence-electron chi connectivity index (χ0n) is 11.3. The van der Waals surface area contributed by atoms with Gasteiger partial charge in [0.05, 0.1) is 6.61 Å². The van der Waals surface area contributed by atoms with Gasteiger partial charge < -0.3 is 10.1 Å².